The predicted molar refractivity (Wildman–Crippen MR) is 148 cm³/mol. The van der Waals surface area contributed by atoms with Crippen LogP contribution in [-0.2, 0) is 4.79 Å². The van der Waals surface area contributed by atoms with Crippen LogP contribution in [0, 0.1) is 0 Å². The first-order valence-corrected chi connectivity index (χ1v) is 12.8. The number of carbonyl (C=O) groups is 3. The molecule has 4 rings (SSSR count). The van der Waals surface area contributed by atoms with Gasteiger partial charge in [-0.05, 0) is 69.6 Å². The summed E-state index contributed by atoms with van der Waals surface area (Å²) in [7, 11) is 0. The van der Waals surface area contributed by atoms with Gasteiger partial charge >= 0.3 is 0 Å². The summed E-state index contributed by atoms with van der Waals surface area (Å²) in [5, 5.41) is 3.79. The van der Waals surface area contributed by atoms with Crippen LogP contribution in [0.15, 0.2) is 54.7 Å². The highest BCUT2D eigenvalue weighted by Gasteiger charge is 2.38. The second-order valence-corrected chi connectivity index (χ2v) is 10.4. The number of primary amides is 1. The molecular weight excluding hydrogens is 504 g/mol. The van der Waals surface area contributed by atoms with E-state index < -0.39 is 29.3 Å². The molecule has 38 heavy (non-hydrogen) atoms. The SMILES string of the molecule is CCOc1ccc(N(C(=O)c2snc(C(N)=O)c2N)[C@H](C(=O)NC(C)(C)C)c2c[nH]c3ccccc23)cc1. The predicted octanol–water partition coefficient (Wildman–Crippen LogP) is 4.01. The minimum absolute atomic E-state index is 0.00100. The average Bonchev–Trinajstić information content (AvgIpc) is 3.45. The molecule has 0 bridgehead atoms. The number of amides is 3. The molecule has 0 aliphatic heterocycles. The van der Waals surface area contributed by atoms with Crippen molar-refractivity contribution in [3.8, 4) is 5.75 Å². The number of anilines is 2. The molecule has 0 saturated carbocycles. The topological polar surface area (TPSA) is 156 Å². The van der Waals surface area contributed by atoms with Gasteiger partial charge < -0.3 is 26.5 Å². The molecule has 0 radical (unpaired) electrons. The number of nitrogen functional groups attached to an aromatic ring is 1. The van der Waals surface area contributed by atoms with Gasteiger partial charge in [0.2, 0.25) is 5.91 Å². The number of nitrogens with zero attached hydrogens (tertiary/aromatic N) is 2. The van der Waals surface area contributed by atoms with Gasteiger partial charge in [0.15, 0.2) is 5.69 Å². The number of fused-ring (bicyclic) bond motifs is 1. The Morgan fingerprint density at radius 1 is 1.13 bits per heavy atom. The highest BCUT2D eigenvalue weighted by molar-refractivity contribution is 7.09. The molecule has 10 nitrogen and oxygen atoms in total. The Morgan fingerprint density at radius 2 is 1.82 bits per heavy atom. The van der Waals surface area contributed by atoms with Gasteiger partial charge in [-0.15, -0.1) is 0 Å². The number of ether oxygens (including phenoxy) is 1. The molecular formula is C27H30N6O4S. The van der Waals surface area contributed by atoms with Gasteiger partial charge in [-0.3, -0.25) is 19.3 Å². The van der Waals surface area contributed by atoms with Crippen LogP contribution in [0.1, 0.15) is 59.5 Å². The number of hydrogen-bond donors (Lipinski definition) is 4. The maximum absolute atomic E-state index is 14.2. The molecule has 2 aromatic carbocycles. The number of H-pyrrole nitrogens is 1. The molecule has 11 heteroatoms. The summed E-state index contributed by atoms with van der Waals surface area (Å²) in [5.74, 6) is -1.23. The zero-order valence-electron chi connectivity index (χ0n) is 21.6. The maximum Gasteiger partial charge on any atom is 0.273 e. The summed E-state index contributed by atoms with van der Waals surface area (Å²) < 4.78 is 9.57. The number of aromatic nitrogens is 2. The normalized spacial score (nSPS) is 12.2. The molecule has 2 heterocycles. The van der Waals surface area contributed by atoms with E-state index in [-0.39, 0.29) is 16.3 Å². The number of carbonyl (C=O) groups excluding carboxylic acids is 3. The van der Waals surface area contributed by atoms with E-state index in [0.29, 0.717) is 23.6 Å². The third-order valence-electron chi connectivity index (χ3n) is 5.72. The molecule has 0 aliphatic rings. The van der Waals surface area contributed by atoms with Crippen molar-refractivity contribution in [2.75, 3.05) is 17.2 Å². The number of nitrogens with two attached hydrogens (primary N) is 2. The molecule has 0 fully saturated rings. The van der Waals surface area contributed by atoms with Crippen LogP contribution < -0.4 is 26.4 Å². The van der Waals surface area contributed by atoms with Crippen molar-refractivity contribution in [3.05, 3.63) is 70.9 Å². The first-order valence-electron chi connectivity index (χ1n) is 12.0. The number of aromatic amines is 1. The van der Waals surface area contributed by atoms with Crippen LogP contribution in [0.2, 0.25) is 0 Å². The van der Waals surface area contributed by atoms with E-state index in [1.807, 2.05) is 52.0 Å². The lowest BCUT2D eigenvalue weighted by Gasteiger charge is -2.33. The van der Waals surface area contributed by atoms with Crippen LogP contribution in [0.3, 0.4) is 0 Å². The highest BCUT2D eigenvalue weighted by Crippen LogP contribution is 2.36. The van der Waals surface area contributed by atoms with Crippen LogP contribution >= 0.6 is 11.5 Å². The van der Waals surface area contributed by atoms with E-state index in [4.69, 9.17) is 16.2 Å². The fourth-order valence-electron chi connectivity index (χ4n) is 4.15. The van der Waals surface area contributed by atoms with E-state index in [1.54, 1.807) is 30.5 Å². The number of rotatable bonds is 8. The summed E-state index contributed by atoms with van der Waals surface area (Å²) in [4.78, 5) is 44.5. The van der Waals surface area contributed by atoms with Gasteiger partial charge in [-0.2, -0.15) is 4.37 Å². The van der Waals surface area contributed by atoms with Gasteiger partial charge in [0.1, 0.15) is 16.7 Å². The highest BCUT2D eigenvalue weighted by atomic mass is 32.1. The third kappa shape index (κ3) is 5.32. The van der Waals surface area contributed by atoms with Crippen molar-refractivity contribution in [3.63, 3.8) is 0 Å². The summed E-state index contributed by atoms with van der Waals surface area (Å²) in [5.41, 5.74) is 12.5. The summed E-state index contributed by atoms with van der Waals surface area (Å²) in [6.45, 7) is 7.93. The van der Waals surface area contributed by atoms with E-state index in [2.05, 4.69) is 14.7 Å². The summed E-state index contributed by atoms with van der Waals surface area (Å²) in [6.07, 6.45) is 1.72. The first kappa shape index (κ1) is 26.7. The second-order valence-electron chi connectivity index (χ2n) is 9.67. The van der Waals surface area contributed by atoms with Crippen LogP contribution in [0.4, 0.5) is 11.4 Å². The van der Waals surface area contributed by atoms with Gasteiger partial charge in [0, 0.05) is 33.9 Å². The molecule has 6 N–H and O–H groups in total. The Labute approximate surface area is 224 Å². The Kier molecular flexibility index (Phi) is 7.40. The van der Waals surface area contributed by atoms with E-state index in [1.165, 1.54) is 4.90 Å². The van der Waals surface area contributed by atoms with Crippen molar-refractivity contribution in [1.29, 1.82) is 0 Å². The van der Waals surface area contributed by atoms with E-state index >= 15 is 0 Å². The molecule has 0 spiro atoms. The zero-order valence-corrected chi connectivity index (χ0v) is 22.4. The van der Waals surface area contributed by atoms with Crippen LogP contribution in [0.25, 0.3) is 10.9 Å². The quantitative estimate of drug-likeness (QED) is 0.268. The maximum atomic E-state index is 14.2. The number of benzene rings is 2. The summed E-state index contributed by atoms with van der Waals surface area (Å²) >= 11 is 0.759. The first-order chi connectivity index (χ1) is 18.0. The Bertz CT molecular complexity index is 1490. The van der Waals surface area contributed by atoms with Crippen LogP contribution in [0.5, 0.6) is 5.75 Å². The minimum atomic E-state index is -1.10. The largest absolute Gasteiger partial charge is 0.494 e. The molecule has 4 aromatic rings. The smallest absolute Gasteiger partial charge is 0.273 e. The summed E-state index contributed by atoms with van der Waals surface area (Å²) in [6, 6.07) is 13.2. The van der Waals surface area contributed by atoms with Gasteiger partial charge in [0.25, 0.3) is 11.8 Å². The van der Waals surface area contributed by atoms with Crippen LogP contribution in [-0.4, -0.2) is 39.2 Å². The molecule has 2 aromatic heterocycles. The van der Waals surface area contributed by atoms with Gasteiger partial charge in [-0.1, -0.05) is 18.2 Å². The number of para-hydroxylation sites is 1. The van der Waals surface area contributed by atoms with Crippen molar-refractivity contribution < 1.29 is 19.1 Å². The lowest BCUT2D eigenvalue weighted by atomic mass is 9.99. The van der Waals surface area contributed by atoms with Gasteiger partial charge in [0.05, 0.1) is 12.3 Å². The molecule has 0 saturated heterocycles. The monoisotopic (exact) mass is 534 g/mol. The Morgan fingerprint density at radius 3 is 2.42 bits per heavy atom. The lowest BCUT2D eigenvalue weighted by Crippen LogP contribution is -2.49. The van der Waals surface area contributed by atoms with E-state index in [0.717, 1.165) is 22.4 Å². The zero-order chi connectivity index (χ0) is 27.6. The van der Waals surface area contributed by atoms with Gasteiger partial charge in [-0.25, -0.2) is 0 Å². The molecule has 3 amide bonds. The average molecular weight is 535 g/mol. The lowest BCUT2D eigenvalue weighted by molar-refractivity contribution is -0.123. The standard InChI is InChI=1S/C27H30N6O4S/c1-5-37-16-12-10-15(11-13-16)33(26(36)23-20(28)21(24(29)34)32-38-23)22(25(35)31-27(2,3)4)18-14-30-19-9-7-6-8-17(18)19/h6-14,22,30H,5,28H2,1-4H3,(H2,29,34)(H,31,35)/t22-/m0/s1. The molecule has 1 atom stereocenters. The number of nitrogens with one attached hydrogen (secondary N) is 2. The van der Waals surface area contributed by atoms with Crippen molar-refractivity contribution >= 4 is 51.5 Å². The molecule has 198 valence electrons. The van der Waals surface area contributed by atoms with E-state index in [9.17, 15) is 14.4 Å². The number of hydrogen-bond acceptors (Lipinski definition) is 7. The third-order valence-corrected chi connectivity index (χ3v) is 6.57. The minimum Gasteiger partial charge on any atom is -0.494 e. The fourth-order valence-corrected chi connectivity index (χ4v) is 4.89. The molecule has 0 aliphatic carbocycles. The van der Waals surface area contributed by atoms with Crippen molar-refractivity contribution in [2.24, 2.45) is 5.73 Å². The molecule has 0 unspecified atom stereocenters. The van der Waals surface area contributed by atoms with Crippen molar-refractivity contribution in [1.82, 2.24) is 14.7 Å². The Hall–Kier alpha value is -4.38. The second kappa shape index (κ2) is 10.5. The van der Waals surface area contributed by atoms with Crippen molar-refractivity contribution in [2.45, 2.75) is 39.3 Å². The fraction of sp³-hybridized carbons (Fsp3) is 0.259. The Balaban J connectivity index is 1.94.